The van der Waals surface area contributed by atoms with Crippen LogP contribution in [0.4, 0.5) is 0 Å². The van der Waals surface area contributed by atoms with Crippen molar-refractivity contribution in [1.29, 1.82) is 0 Å². The Balaban J connectivity index is 2.35. The molecule has 0 saturated carbocycles. The zero-order chi connectivity index (χ0) is 13.8. The maximum absolute atomic E-state index is 6.07. The van der Waals surface area contributed by atoms with Gasteiger partial charge in [-0.2, -0.15) is 0 Å². The highest BCUT2D eigenvalue weighted by molar-refractivity contribution is 9.10. The summed E-state index contributed by atoms with van der Waals surface area (Å²) in [4.78, 5) is 0. The average Bonchev–Trinajstić information content (AvgIpc) is 2.38. The number of rotatable bonds is 4. The van der Waals surface area contributed by atoms with Crippen LogP contribution in [-0.2, 0) is 6.54 Å². The highest BCUT2D eigenvalue weighted by Gasteiger charge is 2.08. The first-order valence-electron chi connectivity index (χ1n) is 6.29. The van der Waals surface area contributed by atoms with Crippen LogP contribution in [0.2, 0.25) is 0 Å². The molecule has 0 unspecified atom stereocenters. The molecule has 0 heterocycles. The molecule has 2 aromatic carbocycles. The Bertz CT molecular complexity index is 581. The largest absolute Gasteiger partial charge is 0.457 e. The zero-order valence-electron chi connectivity index (χ0n) is 11.5. The fourth-order valence-corrected chi connectivity index (χ4v) is 2.34. The lowest BCUT2D eigenvalue weighted by Crippen LogP contribution is -2.06. The second-order valence-corrected chi connectivity index (χ2v) is 5.50. The molecule has 0 bridgehead atoms. The first kappa shape index (κ1) is 14.1. The Morgan fingerprint density at radius 3 is 2.63 bits per heavy atom. The Labute approximate surface area is 122 Å². The van der Waals surface area contributed by atoms with Crippen molar-refractivity contribution in [2.75, 3.05) is 7.05 Å². The van der Waals surface area contributed by atoms with Crippen LogP contribution in [0.3, 0.4) is 0 Å². The molecule has 0 spiro atoms. The van der Waals surface area contributed by atoms with Gasteiger partial charge in [-0.25, -0.2) is 0 Å². The first-order valence-corrected chi connectivity index (χ1v) is 7.08. The molecule has 0 aliphatic carbocycles. The number of nitrogens with one attached hydrogen (secondary N) is 1. The molecule has 0 atom stereocenters. The van der Waals surface area contributed by atoms with Gasteiger partial charge in [0.1, 0.15) is 11.5 Å². The van der Waals surface area contributed by atoms with E-state index in [-0.39, 0.29) is 0 Å². The van der Waals surface area contributed by atoms with Crippen molar-refractivity contribution in [3.8, 4) is 11.5 Å². The molecular weight excluding hydrogens is 302 g/mol. The molecule has 1 N–H and O–H groups in total. The molecule has 19 heavy (non-hydrogen) atoms. The molecule has 0 saturated heterocycles. The van der Waals surface area contributed by atoms with Crippen molar-refractivity contribution in [1.82, 2.24) is 5.32 Å². The standard InChI is InChI=1S/C16H18BrNO/c1-11-5-4-6-15(12(11)2)19-16-8-7-14(17)9-13(16)10-18-3/h4-9,18H,10H2,1-3H3. The van der Waals surface area contributed by atoms with Gasteiger partial charge in [-0.3, -0.25) is 0 Å². The van der Waals surface area contributed by atoms with E-state index in [1.807, 2.05) is 31.3 Å². The number of hydrogen-bond acceptors (Lipinski definition) is 2. The van der Waals surface area contributed by atoms with Crippen LogP contribution in [0, 0.1) is 13.8 Å². The minimum Gasteiger partial charge on any atom is -0.457 e. The number of aryl methyl sites for hydroxylation is 1. The second-order valence-electron chi connectivity index (χ2n) is 4.58. The summed E-state index contributed by atoms with van der Waals surface area (Å²) in [5, 5.41) is 3.16. The molecule has 0 aliphatic heterocycles. The molecule has 2 rings (SSSR count). The van der Waals surface area contributed by atoms with Gasteiger partial charge in [0.05, 0.1) is 0 Å². The summed E-state index contributed by atoms with van der Waals surface area (Å²) in [6, 6.07) is 12.2. The van der Waals surface area contributed by atoms with Crippen molar-refractivity contribution >= 4 is 15.9 Å². The first-order chi connectivity index (χ1) is 9.11. The normalized spacial score (nSPS) is 10.5. The molecule has 100 valence electrons. The van der Waals surface area contributed by atoms with Crippen LogP contribution in [-0.4, -0.2) is 7.05 Å². The Morgan fingerprint density at radius 2 is 1.89 bits per heavy atom. The summed E-state index contributed by atoms with van der Waals surface area (Å²) in [6.45, 7) is 4.96. The van der Waals surface area contributed by atoms with E-state index in [4.69, 9.17) is 4.74 Å². The summed E-state index contributed by atoms with van der Waals surface area (Å²) in [7, 11) is 1.93. The fraction of sp³-hybridized carbons (Fsp3) is 0.250. The van der Waals surface area contributed by atoms with Gasteiger partial charge in [0.25, 0.3) is 0 Å². The smallest absolute Gasteiger partial charge is 0.132 e. The molecule has 0 fully saturated rings. The van der Waals surface area contributed by atoms with Crippen molar-refractivity contribution in [2.45, 2.75) is 20.4 Å². The topological polar surface area (TPSA) is 21.3 Å². The molecule has 2 nitrogen and oxygen atoms in total. The lowest BCUT2D eigenvalue weighted by Gasteiger charge is -2.14. The van der Waals surface area contributed by atoms with Gasteiger partial charge in [0, 0.05) is 16.6 Å². The molecular formula is C16H18BrNO. The van der Waals surface area contributed by atoms with E-state index in [0.717, 1.165) is 28.1 Å². The van der Waals surface area contributed by atoms with Gasteiger partial charge in [0.2, 0.25) is 0 Å². The summed E-state index contributed by atoms with van der Waals surface area (Å²) >= 11 is 3.49. The minimum absolute atomic E-state index is 0.777. The Hall–Kier alpha value is -1.32. The van der Waals surface area contributed by atoms with E-state index in [9.17, 15) is 0 Å². The lowest BCUT2D eigenvalue weighted by atomic mass is 10.1. The second kappa shape index (κ2) is 6.22. The summed E-state index contributed by atoms with van der Waals surface area (Å²) < 4.78 is 7.13. The van der Waals surface area contributed by atoms with Crippen LogP contribution >= 0.6 is 15.9 Å². The number of halogens is 1. The van der Waals surface area contributed by atoms with Gasteiger partial charge >= 0.3 is 0 Å². The number of ether oxygens (including phenoxy) is 1. The van der Waals surface area contributed by atoms with Gasteiger partial charge < -0.3 is 10.1 Å². The van der Waals surface area contributed by atoms with E-state index < -0.39 is 0 Å². The van der Waals surface area contributed by atoms with E-state index in [1.165, 1.54) is 11.1 Å². The Morgan fingerprint density at radius 1 is 1.11 bits per heavy atom. The maximum Gasteiger partial charge on any atom is 0.132 e. The highest BCUT2D eigenvalue weighted by atomic mass is 79.9. The third kappa shape index (κ3) is 3.37. The lowest BCUT2D eigenvalue weighted by molar-refractivity contribution is 0.470. The van der Waals surface area contributed by atoms with E-state index >= 15 is 0 Å². The summed E-state index contributed by atoms with van der Waals surface area (Å²) in [6.07, 6.45) is 0. The van der Waals surface area contributed by atoms with Gasteiger partial charge in [-0.15, -0.1) is 0 Å². The fourth-order valence-electron chi connectivity index (χ4n) is 1.93. The number of benzene rings is 2. The van der Waals surface area contributed by atoms with Crippen molar-refractivity contribution in [3.05, 3.63) is 57.6 Å². The third-order valence-corrected chi connectivity index (χ3v) is 3.66. The van der Waals surface area contributed by atoms with Gasteiger partial charge in [-0.05, 0) is 56.3 Å². The highest BCUT2D eigenvalue weighted by Crippen LogP contribution is 2.30. The van der Waals surface area contributed by atoms with Crippen LogP contribution < -0.4 is 10.1 Å². The van der Waals surface area contributed by atoms with E-state index in [2.05, 4.69) is 47.2 Å². The summed E-state index contributed by atoms with van der Waals surface area (Å²) in [5.41, 5.74) is 3.56. The maximum atomic E-state index is 6.07. The Kier molecular flexibility index (Phi) is 4.61. The quantitative estimate of drug-likeness (QED) is 0.890. The predicted molar refractivity (Wildman–Crippen MR) is 82.9 cm³/mol. The predicted octanol–water partition coefficient (Wildman–Crippen LogP) is 4.58. The van der Waals surface area contributed by atoms with E-state index in [0.29, 0.717) is 0 Å². The molecule has 3 heteroatoms. The summed E-state index contributed by atoms with van der Waals surface area (Å²) in [5.74, 6) is 1.81. The monoisotopic (exact) mass is 319 g/mol. The molecule has 0 amide bonds. The molecule has 2 aromatic rings. The van der Waals surface area contributed by atoms with Crippen LogP contribution in [0.1, 0.15) is 16.7 Å². The molecule has 0 aliphatic rings. The van der Waals surface area contributed by atoms with Crippen LogP contribution in [0.15, 0.2) is 40.9 Å². The van der Waals surface area contributed by atoms with Gasteiger partial charge in [0.15, 0.2) is 0 Å². The minimum atomic E-state index is 0.777. The van der Waals surface area contributed by atoms with Gasteiger partial charge in [-0.1, -0.05) is 28.1 Å². The average molecular weight is 320 g/mol. The van der Waals surface area contributed by atoms with Crippen molar-refractivity contribution in [2.24, 2.45) is 0 Å². The SMILES string of the molecule is CNCc1cc(Br)ccc1Oc1cccc(C)c1C. The van der Waals surface area contributed by atoms with E-state index in [1.54, 1.807) is 0 Å². The third-order valence-electron chi connectivity index (χ3n) is 3.16. The molecule has 0 radical (unpaired) electrons. The zero-order valence-corrected chi connectivity index (χ0v) is 13.0. The van der Waals surface area contributed by atoms with Crippen molar-refractivity contribution in [3.63, 3.8) is 0 Å². The van der Waals surface area contributed by atoms with Crippen molar-refractivity contribution < 1.29 is 4.74 Å². The van der Waals surface area contributed by atoms with Crippen LogP contribution in [0.5, 0.6) is 11.5 Å². The van der Waals surface area contributed by atoms with Crippen LogP contribution in [0.25, 0.3) is 0 Å². The number of hydrogen-bond donors (Lipinski definition) is 1. The molecule has 0 aromatic heterocycles.